The molecule has 3 N–H and O–H groups in total. The standard InChI is InChI=1S/C18H20ClN3O4S/c1-3-13-7-9-14(10-8-13)18(24)21-20-17(23)12(2)22-27(25,26)16-6-4-5-15(19)11-16/h4-12,22H,3H2,1-2H3,(H,20,23)(H,21,24)/t12-/m1/s1. The number of nitrogens with one attached hydrogen (secondary N) is 3. The summed E-state index contributed by atoms with van der Waals surface area (Å²) in [6.45, 7) is 3.36. The Morgan fingerprint density at radius 1 is 1.07 bits per heavy atom. The van der Waals surface area contributed by atoms with Gasteiger partial charge in [0.25, 0.3) is 11.8 Å². The third-order valence-corrected chi connectivity index (χ3v) is 5.53. The van der Waals surface area contributed by atoms with Crippen molar-refractivity contribution in [2.75, 3.05) is 0 Å². The lowest BCUT2D eigenvalue weighted by molar-refractivity contribution is -0.123. The molecule has 2 amide bonds. The van der Waals surface area contributed by atoms with Gasteiger partial charge in [0.2, 0.25) is 10.0 Å². The third kappa shape index (κ3) is 5.78. The fourth-order valence-corrected chi connectivity index (χ4v) is 3.68. The number of hydrazine groups is 1. The summed E-state index contributed by atoms with van der Waals surface area (Å²) in [6.07, 6.45) is 0.850. The van der Waals surface area contributed by atoms with Gasteiger partial charge in [0.15, 0.2) is 0 Å². The molecule has 2 aromatic carbocycles. The summed E-state index contributed by atoms with van der Waals surface area (Å²) in [4.78, 5) is 24.1. The van der Waals surface area contributed by atoms with Crippen LogP contribution in [0.4, 0.5) is 0 Å². The quantitative estimate of drug-likeness (QED) is 0.635. The van der Waals surface area contributed by atoms with Gasteiger partial charge in [0, 0.05) is 10.6 Å². The van der Waals surface area contributed by atoms with E-state index in [1.54, 1.807) is 18.2 Å². The Hall–Kier alpha value is -2.42. The third-order valence-electron chi connectivity index (χ3n) is 3.76. The molecule has 0 aliphatic heterocycles. The first-order valence-electron chi connectivity index (χ1n) is 8.20. The fourth-order valence-electron chi connectivity index (χ4n) is 2.18. The van der Waals surface area contributed by atoms with Crippen molar-refractivity contribution < 1.29 is 18.0 Å². The second-order valence-electron chi connectivity index (χ2n) is 5.79. The number of aryl methyl sites for hydroxylation is 1. The molecule has 0 radical (unpaired) electrons. The minimum atomic E-state index is -3.93. The maximum absolute atomic E-state index is 12.3. The van der Waals surface area contributed by atoms with Gasteiger partial charge < -0.3 is 0 Å². The van der Waals surface area contributed by atoms with Gasteiger partial charge >= 0.3 is 0 Å². The number of halogens is 1. The van der Waals surface area contributed by atoms with Gasteiger partial charge in [-0.15, -0.1) is 0 Å². The van der Waals surface area contributed by atoms with E-state index in [1.807, 2.05) is 19.1 Å². The van der Waals surface area contributed by atoms with Gasteiger partial charge in [-0.1, -0.05) is 36.7 Å². The Balaban J connectivity index is 1.93. The van der Waals surface area contributed by atoms with Gasteiger partial charge in [-0.2, -0.15) is 4.72 Å². The summed E-state index contributed by atoms with van der Waals surface area (Å²) < 4.78 is 26.8. The topological polar surface area (TPSA) is 104 Å². The van der Waals surface area contributed by atoms with Crippen molar-refractivity contribution in [2.45, 2.75) is 31.2 Å². The van der Waals surface area contributed by atoms with Crippen LogP contribution in [-0.2, 0) is 21.2 Å². The Kier molecular flexibility index (Phi) is 6.95. The highest BCUT2D eigenvalue weighted by Crippen LogP contribution is 2.15. The summed E-state index contributed by atoms with van der Waals surface area (Å²) in [5.74, 6) is -1.21. The summed E-state index contributed by atoms with van der Waals surface area (Å²) in [5.41, 5.74) is 5.92. The normalized spacial score (nSPS) is 12.3. The molecule has 2 rings (SSSR count). The maximum atomic E-state index is 12.3. The molecule has 0 aliphatic rings. The van der Waals surface area contributed by atoms with Crippen LogP contribution in [0, 0.1) is 0 Å². The molecule has 9 heteroatoms. The maximum Gasteiger partial charge on any atom is 0.269 e. The molecule has 144 valence electrons. The molecule has 0 saturated carbocycles. The predicted octanol–water partition coefficient (Wildman–Crippen LogP) is 2.03. The van der Waals surface area contributed by atoms with Gasteiger partial charge in [-0.25, -0.2) is 8.42 Å². The summed E-state index contributed by atoms with van der Waals surface area (Å²) in [7, 11) is -3.93. The largest absolute Gasteiger partial charge is 0.271 e. The molecule has 0 aliphatic carbocycles. The lowest BCUT2D eigenvalue weighted by Gasteiger charge is -2.15. The van der Waals surface area contributed by atoms with Crippen molar-refractivity contribution in [3.63, 3.8) is 0 Å². The zero-order valence-corrected chi connectivity index (χ0v) is 16.4. The van der Waals surface area contributed by atoms with Crippen molar-refractivity contribution in [3.05, 3.63) is 64.7 Å². The molecule has 0 heterocycles. The van der Waals surface area contributed by atoms with E-state index in [1.165, 1.54) is 25.1 Å². The second kappa shape index (κ2) is 8.98. The molecule has 0 saturated heterocycles. The van der Waals surface area contributed by atoms with E-state index in [4.69, 9.17) is 11.6 Å². The molecular weight excluding hydrogens is 390 g/mol. The SMILES string of the molecule is CCc1ccc(C(=O)NNC(=O)[C@@H](C)NS(=O)(=O)c2cccc(Cl)c2)cc1. The molecule has 0 fully saturated rings. The summed E-state index contributed by atoms with van der Waals surface area (Å²) in [6, 6.07) is 11.5. The number of hydrogen-bond acceptors (Lipinski definition) is 4. The van der Waals surface area contributed by atoms with Crippen LogP contribution in [0.1, 0.15) is 29.8 Å². The Labute approximate surface area is 163 Å². The minimum absolute atomic E-state index is 0.0605. The van der Waals surface area contributed by atoms with E-state index in [-0.39, 0.29) is 9.92 Å². The number of sulfonamides is 1. The number of benzene rings is 2. The van der Waals surface area contributed by atoms with Gasteiger partial charge in [0.1, 0.15) is 0 Å². The second-order valence-corrected chi connectivity index (χ2v) is 7.94. The molecule has 7 nitrogen and oxygen atoms in total. The lowest BCUT2D eigenvalue weighted by Crippen LogP contribution is -2.51. The van der Waals surface area contributed by atoms with Crippen molar-refractivity contribution in [1.29, 1.82) is 0 Å². The number of rotatable bonds is 6. The molecule has 0 aromatic heterocycles. The van der Waals surface area contributed by atoms with E-state index in [9.17, 15) is 18.0 Å². The highest BCUT2D eigenvalue weighted by Gasteiger charge is 2.22. The van der Waals surface area contributed by atoms with E-state index in [0.29, 0.717) is 5.56 Å². The Morgan fingerprint density at radius 3 is 2.33 bits per heavy atom. The minimum Gasteiger partial charge on any atom is -0.271 e. The van der Waals surface area contributed by atoms with Gasteiger partial charge in [-0.3, -0.25) is 20.4 Å². The molecule has 2 aromatic rings. The average molecular weight is 410 g/mol. The first-order valence-corrected chi connectivity index (χ1v) is 10.1. The molecule has 27 heavy (non-hydrogen) atoms. The van der Waals surface area contributed by atoms with Crippen LogP contribution in [0.2, 0.25) is 5.02 Å². The van der Waals surface area contributed by atoms with Crippen LogP contribution < -0.4 is 15.6 Å². The average Bonchev–Trinajstić information content (AvgIpc) is 2.65. The summed E-state index contributed by atoms with van der Waals surface area (Å²) in [5, 5.41) is 0.260. The van der Waals surface area contributed by atoms with Crippen LogP contribution in [-0.4, -0.2) is 26.3 Å². The molecule has 0 bridgehead atoms. The first kappa shape index (κ1) is 20.9. The number of carbonyl (C=O) groups excluding carboxylic acids is 2. The number of carbonyl (C=O) groups is 2. The zero-order chi connectivity index (χ0) is 20.0. The van der Waals surface area contributed by atoms with E-state index in [0.717, 1.165) is 12.0 Å². The fraction of sp³-hybridized carbons (Fsp3) is 0.222. The van der Waals surface area contributed by atoms with Crippen molar-refractivity contribution in [2.24, 2.45) is 0 Å². The van der Waals surface area contributed by atoms with Crippen molar-refractivity contribution in [3.8, 4) is 0 Å². The predicted molar refractivity (Wildman–Crippen MR) is 103 cm³/mol. The van der Waals surface area contributed by atoms with Crippen LogP contribution in [0.15, 0.2) is 53.4 Å². The zero-order valence-electron chi connectivity index (χ0n) is 14.8. The highest BCUT2D eigenvalue weighted by molar-refractivity contribution is 7.89. The molecule has 1 atom stereocenters. The van der Waals surface area contributed by atoms with Gasteiger partial charge in [0.05, 0.1) is 10.9 Å². The van der Waals surface area contributed by atoms with Crippen LogP contribution >= 0.6 is 11.6 Å². The van der Waals surface area contributed by atoms with Gasteiger partial charge in [-0.05, 0) is 49.2 Å². The number of hydrogen-bond donors (Lipinski definition) is 3. The Morgan fingerprint density at radius 2 is 1.74 bits per heavy atom. The highest BCUT2D eigenvalue weighted by atomic mass is 35.5. The lowest BCUT2D eigenvalue weighted by atomic mass is 10.1. The van der Waals surface area contributed by atoms with E-state index < -0.39 is 27.9 Å². The molecule has 0 unspecified atom stereocenters. The summed E-state index contributed by atoms with van der Waals surface area (Å²) >= 11 is 5.79. The van der Waals surface area contributed by atoms with E-state index in [2.05, 4.69) is 15.6 Å². The van der Waals surface area contributed by atoms with Crippen LogP contribution in [0.3, 0.4) is 0 Å². The van der Waals surface area contributed by atoms with Crippen molar-refractivity contribution >= 4 is 33.4 Å². The first-order chi connectivity index (χ1) is 12.7. The smallest absolute Gasteiger partial charge is 0.269 e. The van der Waals surface area contributed by atoms with Crippen molar-refractivity contribution in [1.82, 2.24) is 15.6 Å². The molecular formula is C18H20ClN3O4S. The number of amides is 2. The van der Waals surface area contributed by atoms with Crippen LogP contribution in [0.5, 0.6) is 0 Å². The van der Waals surface area contributed by atoms with E-state index >= 15 is 0 Å². The Bertz CT molecular complexity index is 930. The molecule has 0 spiro atoms. The monoisotopic (exact) mass is 409 g/mol. The van der Waals surface area contributed by atoms with Crippen LogP contribution in [0.25, 0.3) is 0 Å².